The van der Waals surface area contributed by atoms with E-state index in [0.29, 0.717) is 18.9 Å². The van der Waals surface area contributed by atoms with Gasteiger partial charge in [0.05, 0.1) is 6.61 Å². The maximum atomic E-state index is 11.8. The van der Waals surface area contributed by atoms with E-state index in [2.05, 4.69) is 0 Å². The van der Waals surface area contributed by atoms with Crippen molar-refractivity contribution in [2.45, 2.75) is 27.2 Å². The largest absolute Gasteiger partial charge is 0.494 e. The Morgan fingerprint density at radius 3 is 2.31 bits per heavy atom. The van der Waals surface area contributed by atoms with Gasteiger partial charge < -0.3 is 4.74 Å². The van der Waals surface area contributed by atoms with E-state index < -0.39 is 0 Å². The SMILES string of the molecule is CCOc1cc(C)c(C(=O)CCCl)c(C)c1. The first-order valence-electron chi connectivity index (χ1n) is 5.43. The predicted molar refractivity (Wildman–Crippen MR) is 66.8 cm³/mol. The topological polar surface area (TPSA) is 26.3 Å². The first-order valence-corrected chi connectivity index (χ1v) is 5.96. The number of ketones is 1. The molecule has 0 fully saturated rings. The van der Waals surface area contributed by atoms with Crippen molar-refractivity contribution in [3.05, 3.63) is 28.8 Å². The van der Waals surface area contributed by atoms with Crippen molar-refractivity contribution in [3.8, 4) is 5.75 Å². The summed E-state index contributed by atoms with van der Waals surface area (Å²) in [5.41, 5.74) is 2.70. The number of carbonyl (C=O) groups is 1. The molecule has 3 heteroatoms. The minimum Gasteiger partial charge on any atom is -0.494 e. The van der Waals surface area contributed by atoms with Gasteiger partial charge in [0.2, 0.25) is 0 Å². The van der Waals surface area contributed by atoms with Gasteiger partial charge in [0.25, 0.3) is 0 Å². The number of benzene rings is 1. The molecule has 0 saturated carbocycles. The maximum absolute atomic E-state index is 11.8. The highest BCUT2D eigenvalue weighted by atomic mass is 35.5. The molecule has 0 radical (unpaired) electrons. The number of Topliss-reactive ketones (excluding diaryl/α,β-unsaturated/α-hetero) is 1. The van der Waals surface area contributed by atoms with E-state index in [1.807, 2.05) is 32.9 Å². The minimum atomic E-state index is 0.105. The summed E-state index contributed by atoms with van der Waals surface area (Å²) < 4.78 is 5.42. The molecule has 0 heterocycles. The molecule has 0 bridgehead atoms. The number of hydrogen-bond acceptors (Lipinski definition) is 2. The number of hydrogen-bond donors (Lipinski definition) is 0. The molecule has 0 aliphatic carbocycles. The summed E-state index contributed by atoms with van der Waals surface area (Å²) in [5.74, 6) is 1.29. The number of alkyl halides is 1. The Labute approximate surface area is 102 Å². The summed E-state index contributed by atoms with van der Waals surface area (Å²) >= 11 is 5.59. The van der Waals surface area contributed by atoms with E-state index in [0.717, 1.165) is 22.4 Å². The minimum absolute atomic E-state index is 0.105. The van der Waals surface area contributed by atoms with Crippen molar-refractivity contribution in [3.63, 3.8) is 0 Å². The standard InChI is InChI=1S/C13H17ClO2/c1-4-16-11-7-9(2)13(10(3)8-11)12(15)5-6-14/h7-8H,4-6H2,1-3H3. The molecule has 88 valence electrons. The highest BCUT2D eigenvalue weighted by molar-refractivity contribution is 6.19. The second-order valence-electron chi connectivity index (χ2n) is 3.73. The van der Waals surface area contributed by atoms with Crippen LogP contribution in [0.2, 0.25) is 0 Å². The van der Waals surface area contributed by atoms with Crippen LogP contribution in [0, 0.1) is 13.8 Å². The third kappa shape index (κ3) is 2.99. The van der Waals surface area contributed by atoms with Crippen LogP contribution in [0.5, 0.6) is 5.75 Å². The lowest BCUT2D eigenvalue weighted by atomic mass is 9.97. The molecule has 1 aromatic rings. The van der Waals surface area contributed by atoms with Crippen LogP contribution >= 0.6 is 11.6 Å². The Hall–Kier alpha value is -1.02. The van der Waals surface area contributed by atoms with Gasteiger partial charge in [-0.1, -0.05) is 0 Å². The van der Waals surface area contributed by atoms with Crippen molar-refractivity contribution >= 4 is 17.4 Å². The van der Waals surface area contributed by atoms with Gasteiger partial charge >= 0.3 is 0 Å². The molecular weight excluding hydrogens is 224 g/mol. The van der Waals surface area contributed by atoms with E-state index in [9.17, 15) is 4.79 Å². The van der Waals surface area contributed by atoms with Gasteiger partial charge in [0.15, 0.2) is 5.78 Å². The average molecular weight is 241 g/mol. The van der Waals surface area contributed by atoms with Crippen LogP contribution < -0.4 is 4.74 Å². The van der Waals surface area contributed by atoms with Gasteiger partial charge in [-0.05, 0) is 44.0 Å². The lowest BCUT2D eigenvalue weighted by molar-refractivity contribution is 0.0988. The maximum Gasteiger partial charge on any atom is 0.164 e. The summed E-state index contributed by atoms with van der Waals surface area (Å²) in [7, 11) is 0. The molecule has 0 N–H and O–H groups in total. The summed E-state index contributed by atoms with van der Waals surface area (Å²) in [5, 5.41) is 0. The third-order valence-corrected chi connectivity index (χ3v) is 2.61. The quantitative estimate of drug-likeness (QED) is 0.582. The number of rotatable bonds is 5. The Bertz CT molecular complexity index is 363. The zero-order valence-corrected chi connectivity index (χ0v) is 10.7. The highest BCUT2D eigenvalue weighted by Gasteiger charge is 2.13. The normalized spacial score (nSPS) is 10.2. The number of aryl methyl sites for hydroxylation is 2. The molecule has 1 rings (SSSR count). The molecule has 0 spiro atoms. The number of carbonyl (C=O) groups excluding carboxylic acids is 1. The Balaban J connectivity index is 3.07. The lowest BCUT2D eigenvalue weighted by Gasteiger charge is -2.11. The second-order valence-corrected chi connectivity index (χ2v) is 4.11. The molecule has 0 atom stereocenters. The van der Waals surface area contributed by atoms with E-state index in [4.69, 9.17) is 16.3 Å². The molecule has 0 unspecified atom stereocenters. The van der Waals surface area contributed by atoms with E-state index in [-0.39, 0.29) is 5.78 Å². The average Bonchev–Trinajstić information content (AvgIpc) is 2.17. The molecular formula is C13H17ClO2. The first-order chi connectivity index (χ1) is 7.60. The van der Waals surface area contributed by atoms with Crippen LogP contribution in [0.3, 0.4) is 0 Å². The highest BCUT2D eigenvalue weighted by Crippen LogP contribution is 2.23. The van der Waals surface area contributed by atoms with Crippen LogP contribution in [0.25, 0.3) is 0 Å². The Morgan fingerprint density at radius 2 is 1.88 bits per heavy atom. The zero-order valence-electron chi connectivity index (χ0n) is 9.97. The molecule has 0 aromatic heterocycles. The molecule has 1 aromatic carbocycles. The summed E-state index contributed by atoms with van der Waals surface area (Å²) in [6.07, 6.45) is 0.386. The molecule has 0 aliphatic rings. The van der Waals surface area contributed by atoms with Crippen LogP contribution in [0.4, 0.5) is 0 Å². The van der Waals surface area contributed by atoms with E-state index >= 15 is 0 Å². The Kier molecular flexibility index (Phi) is 4.81. The number of halogens is 1. The molecule has 0 aliphatic heterocycles. The fourth-order valence-corrected chi connectivity index (χ4v) is 2.00. The van der Waals surface area contributed by atoms with Crippen LogP contribution in [-0.4, -0.2) is 18.3 Å². The van der Waals surface area contributed by atoms with Crippen molar-refractivity contribution in [1.82, 2.24) is 0 Å². The summed E-state index contributed by atoms with van der Waals surface area (Å²) in [6.45, 7) is 6.43. The molecule has 2 nitrogen and oxygen atoms in total. The smallest absolute Gasteiger partial charge is 0.164 e. The predicted octanol–water partition coefficient (Wildman–Crippen LogP) is 3.51. The lowest BCUT2D eigenvalue weighted by Crippen LogP contribution is -2.06. The number of ether oxygens (including phenoxy) is 1. The zero-order chi connectivity index (χ0) is 12.1. The molecule has 0 amide bonds. The first kappa shape index (κ1) is 13.0. The fourth-order valence-electron chi connectivity index (χ4n) is 1.82. The van der Waals surface area contributed by atoms with Gasteiger partial charge in [-0.3, -0.25) is 4.79 Å². The van der Waals surface area contributed by atoms with E-state index in [1.165, 1.54) is 0 Å². The van der Waals surface area contributed by atoms with Crippen LogP contribution in [-0.2, 0) is 0 Å². The van der Waals surface area contributed by atoms with Crippen molar-refractivity contribution < 1.29 is 9.53 Å². The Morgan fingerprint density at radius 1 is 1.31 bits per heavy atom. The van der Waals surface area contributed by atoms with Crippen LogP contribution in [0.1, 0.15) is 34.8 Å². The van der Waals surface area contributed by atoms with Crippen molar-refractivity contribution in [1.29, 1.82) is 0 Å². The van der Waals surface area contributed by atoms with Gasteiger partial charge in [0, 0.05) is 17.9 Å². The third-order valence-electron chi connectivity index (χ3n) is 2.42. The van der Waals surface area contributed by atoms with Gasteiger partial charge in [-0.25, -0.2) is 0 Å². The van der Waals surface area contributed by atoms with Gasteiger partial charge in [0.1, 0.15) is 5.75 Å². The van der Waals surface area contributed by atoms with Crippen molar-refractivity contribution in [2.24, 2.45) is 0 Å². The fraction of sp³-hybridized carbons (Fsp3) is 0.462. The summed E-state index contributed by atoms with van der Waals surface area (Å²) in [6, 6.07) is 3.80. The second kappa shape index (κ2) is 5.90. The van der Waals surface area contributed by atoms with Gasteiger partial charge in [-0.15, -0.1) is 11.6 Å². The van der Waals surface area contributed by atoms with Crippen molar-refractivity contribution in [2.75, 3.05) is 12.5 Å². The van der Waals surface area contributed by atoms with Crippen LogP contribution in [0.15, 0.2) is 12.1 Å². The van der Waals surface area contributed by atoms with Gasteiger partial charge in [-0.2, -0.15) is 0 Å². The molecule has 0 saturated heterocycles. The van der Waals surface area contributed by atoms with E-state index in [1.54, 1.807) is 0 Å². The molecule has 16 heavy (non-hydrogen) atoms. The summed E-state index contributed by atoms with van der Waals surface area (Å²) in [4.78, 5) is 11.8. The monoisotopic (exact) mass is 240 g/mol.